The average molecular weight is 291 g/mol. The molecule has 0 atom stereocenters. The SMILES string of the molecule is CCCCCOc1ccccc1/C=C(\NC(C)=O)C(=O)O. The highest BCUT2D eigenvalue weighted by Gasteiger charge is 2.10. The second-order valence-electron chi connectivity index (χ2n) is 4.64. The summed E-state index contributed by atoms with van der Waals surface area (Å²) in [5.41, 5.74) is 0.451. The van der Waals surface area contributed by atoms with Crippen LogP contribution in [-0.2, 0) is 9.59 Å². The highest BCUT2D eigenvalue weighted by atomic mass is 16.5. The van der Waals surface area contributed by atoms with Gasteiger partial charge in [0.15, 0.2) is 0 Å². The highest BCUT2D eigenvalue weighted by molar-refractivity contribution is 5.96. The van der Waals surface area contributed by atoms with Gasteiger partial charge in [0.2, 0.25) is 5.91 Å². The summed E-state index contributed by atoms with van der Waals surface area (Å²) in [6.45, 7) is 3.97. The first kappa shape index (κ1) is 16.8. The number of para-hydroxylation sites is 1. The van der Waals surface area contributed by atoms with Crippen molar-refractivity contribution in [1.82, 2.24) is 5.32 Å². The van der Waals surface area contributed by atoms with Crippen molar-refractivity contribution in [2.24, 2.45) is 0 Å². The normalized spacial score (nSPS) is 11.0. The van der Waals surface area contributed by atoms with E-state index in [1.807, 2.05) is 6.07 Å². The zero-order chi connectivity index (χ0) is 15.7. The molecule has 5 heteroatoms. The van der Waals surface area contributed by atoms with E-state index in [2.05, 4.69) is 12.2 Å². The Morgan fingerprint density at radius 3 is 2.62 bits per heavy atom. The van der Waals surface area contributed by atoms with E-state index < -0.39 is 11.9 Å². The van der Waals surface area contributed by atoms with E-state index in [1.54, 1.807) is 18.2 Å². The molecule has 0 aliphatic heterocycles. The Hall–Kier alpha value is -2.30. The van der Waals surface area contributed by atoms with Gasteiger partial charge in [0.25, 0.3) is 0 Å². The Morgan fingerprint density at radius 2 is 2.00 bits per heavy atom. The molecule has 0 unspecified atom stereocenters. The predicted molar refractivity (Wildman–Crippen MR) is 80.9 cm³/mol. The fourth-order valence-electron chi connectivity index (χ4n) is 1.76. The van der Waals surface area contributed by atoms with Crippen LogP contribution in [0.4, 0.5) is 0 Å². The smallest absolute Gasteiger partial charge is 0.352 e. The molecule has 1 aromatic carbocycles. The molecule has 114 valence electrons. The van der Waals surface area contributed by atoms with Gasteiger partial charge < -0.3 is 15.2 Å². The van der Waals surface area contributed by atoms with Crippen molar-refractivity contribution in [3.63, 3.8) is 0 Å². The minimum Gasteiger partial charge on any atom is -0.493 e. The first-order valence-electron chi connectivity index (χ1n) is 6.99. The highest BCUT2D eigenvalue weighted by Crippen LogP contribution is 2.21. The third-order valence-electron chi connectivity index (χ3n) is 2.77. The zero-order valence-corrected chi connectivity index (χ0v) is 12.4. The van der Waals surface area contributed by atoms with Crippen molar-refractivity contribution in [3.8, 4) is 5.75 Å². The summed E-state index contributed by atoms with van der Waals surface area (Å²) in [5.74, 6) is -1.01. The Kier molecular flexibility index (Phi) is 7.01. The molecule has 0 aromatic heterocycles. The van der Waals surface area contributed by atoms with Gasteiger partial charge in [0, 0.05) is 12.5 Å². The molecule has 0 radical (unpaired) electrons. The molecular formula is C16H21NO4. The Labute approximate surface area is 124 Å². The molecule has 0 fully saturated rings. The molecule has 0 aliphatic carbocycles. The number of benzene rings is 1. The largest absolute Gasteiger partial charge is 0.493 e. The van der Waals surface area contributed by atoms with E-state index in [4.69, 9.17) is 9.84 Å². The van der Waals surface area contributed by atoms with Crippen LogP contribution < -0.4 is 10.1 Å². The molecule has 0 spiro atoms. The van der Waals surface area contributed by atoms with E-state index in [9.17, 15) is 9.59 Å². The summed E-state index contributed by atoms with van der Waals surface area (Å²) in [5, 5.41) is 11.4. The van der Waals surface area contributed by atoms with Gasteiger partial charge >= 0.3 is 5.97 Å². The maximum absolute atomic E-state index is 11.1. The number of nitrogens with one attached hydrogen (secondary N) is 1. The van der Waals surface area contributed by atoms with Crippen LogP contribution in [0.3, 0.4) is 0 Å². The van der Waals surface area contributed by atoms with E-state index in [1.165, 1.54) is 13.0 Å². The monoisotopic (exact) mass is 291 g/mol. The first-order chi connectivity index (χ1) is 10.0. The number of carbonyl (C=O) groups excluding carboxylic acids is 1. The summed E-state index contributed by atoms with van der Waals surface area (Å²) in [6.07, 6.45) is 4.55. The molecule has 0 heterocycles. The standard InChI is InChI=1S/C16H21NO4/c1-3-4-7-10-21-15-9-6-5-8-13(15)11-14(16(19)20)17-12(2)18/h5-6,8-9,11H,3-4,7,10H2,1-2H3,(H,17,18)(H,19,20)/b14-11-. The molecule has 1 aromatic rings. The number of carboxylic acid groups (broad SMARTS) is 1. The van der Waals surface area contributed by atoms with Crippen LogP contribution in [0.1, 0.15) is 38.7 Å². The Morgan fingerprint density at radius 1 is 1.29 bits per heavy atom. The van der Waals surface area contributed by atoms with Crippen molar-refractivity contribution in [2.75, 3.05) is 6.61 Å². The van der Waals surface area contributed by atoms with Crippen LogP contribution in [0.2, 0.25) is 0 Å². The number of hydrogen-bond acceptors (Lipinski definition) is 3. The lowest BCUT2D eigenvalue weighted by molar-refractivity contribution is -0.134. The molecule has 21 heavy (non-hydrogen) atoms. The Bertz CT molecular complexity index is 523. The van der Waals surface area contributed by atoms with E-state index >= 15 is 0 Å². The fourth-order valence-corrected chi connectivity index (χ4v) is 1.76. The number of rotatable bonds is 8. The summed E-state index contributed by atoms with van der Waals surface area (Å²) in [7, 11) is 0. The second-order valence-corrected chi connectivity index (χ2v) is 4.64. The van der Waals surface area contributed by atoms with Gasteiger partial charge in [-0.1, -0.05) is 38.0 Å². The van der Waals surface area contributed by atoms with Crippen LogP contribution in [0.25, 0.3) is 6.08 Å². The van der Waals surface area contributed by atoms with E-state index in [0.717, 1.165) is 19.3 Å². The molecule has 1 rings (SSSR count). The summed E-state index contributed by atoms with van der Waals surface area (Å²) in [6, 6.07) is 7.15. The molecule has 0 bridgehead atoms. The number of hydrogen-bond donors (Lipinski definition) is 2. The predicted octanol–water partition coefficient (Wildman–Crippen LogP) is 2.82. The fraction of sp³-hybridized carbons (Fsp3) is 0.375. The third kappa shape index (κ3) is 6.12. The van der Waals surface area contributed by atoms with Crippen molar-refractivity contribution >= 4 is 18.0 Å². The van der Waals surface area contributed by atoms with Gasteiger partial charge in [-0.25, -0.2) is 4.79 Å². The topological polar surface area (TPSA) is 75.6 Å². The molecule has 5 nitrogen and oxygen atoms in total. The van der Waals surface area contributed by atoms with Crippen molar-refractivity contribution < 1.29 is 19.4 Å². The van der Waals surface area contributed by atoms with Crippen LogP contribution in [0.5, 0.6) is 5.75 Å². The van der Waals surface area contributed by atoms with Gasteiger partial charge in [0.05, 0.1) is 6.61 Å². The summed E-state index contributed by atoms with van der Waals surface area (Å²) < 4.78 is 5.67. The summed E-state index contributed by atoms with van der Waals surface area (Å²) in [4.78, 5) is 22.2. The van der Waals surface area contributed by atoms with Crippen LogP contribution in [0.15, 0.2) is 30.0 Å². The van der Waals surface area contributed by atoms with Gasteiger partial charge in [-0.3, -0.25) is 4.79 Å². The molecule has 1 amide bonds. The molecular weight excluding hydrogens is 270 g/mol. The van der Waals surface area contributed by atoms with E-state index in [-0.39, 0.29) is 5.70 Å². The maximum Gasteiger partial charge on any atom is 0.352 e. The lowest BCUT2D eigenvalue weighted by Gasteiger charge is -2.10. The average Bonchev–Trinajstić information content (AvgIpc) is 2.44. The molecule has 0 saturated heterocycles. The maximum atomic E-state index is 11.1. The summed E-state index contributed by atoms with van der Waals surface area (Å²) >= 11 is 0. The van der Waals surface area contributed by atoms with Crippen molar-refractivity contribution in [3.05, 3.63) is 35.5 Å². The van der Waals surface area contributed by atoms with Gasteiger partial charge in [0.1, 0.15) is 11.4 Å². The van der Waals surface area contributed by atoms with E-state index in [0.29, 0.717) is 17.9 Å². The Balaban J connectivity index is 2.89. The number of unbranched alkanes of at least 4 members (excludes halogenated alkanes) is 2. The van der Waals surface area contributed by atoms with Gasteiger partial charge in [-0.2, -0.15) is 0 Å². The lowest BCUT2D eigenvalue weighted by Crippen LogP contribution is -2.24. The molecule has 0 saturated carbocycles. The third-order valence-corrected chi connectivity index (χ3v) is 2.77. The number of aliphatic carboxylic acids is 1. The number of carbonyl (C=O) groups is 2. The quantitative estimate of drug-likeness (QED) is 0.570. The second kappa shape index (κ2) is 8.79. The molecule has 2 N–H and O–H groups in total. The van der Waals surface area contributed by atoms with Crippen LogP contribution in [0, 0.1) is 0 Å². The lowest BCUT2D eigenvalue weighted by atomic mass is 10.1. The molecule has 0 aliphatic rings. The van der Waals surface area contributed by atoms with Crippen molar-refractivity contribution in [1.29, 1.82) is 0 Å². The zero-order valence-electron chi connectivity index (χ0n) is 12.4. The van der Waals surface area contributed by atoms with Crippen LogP contribution in [-0.4, -0.2) is 23.6 Å². The minimum atomic E-state index is -1.19. The van der Waals surface area contributed by atoms with Gasteiger partial charge in [-0.15, -0.1) is 0 Å². The number of ether oxygens (including phenoxy) is 1. The van der Waals surface area contributed by atoms with Gasteiger partial charge in [-0.05, 0) is 18.6 Å². The van der Waals surface area contributed by atoms with Crippen molar-refractivity contribution in [2.45, 2.75) is 33.1 Å². The number of amides is 1. The van der Waals surface area contributed by atoms with Crippen LogP contribution >= 0.6 is 0 Å². The number of carboxylic acids is 1. The first-order valence-corrected chi connectivity index (χ1v) is 6.99. The minimum absolute atomic E-state index is 0.174.